The number of sulfonamides is 1. The number of hydrogen-bond acceptors (Lipinski definition) is 10. The molecule has 2 aliphatic rings. The van der Waals surface area contributed by atoms with Gasteiger partial charge in [-0.2, -0.15) is 0 Å². The van der Waals surface area contributed by atoms with Gasteiger partial charge in [0.2, 0.25) is 6.41 Å². The van der Waals surface area contributed by atoms with Gasteiger partial charge in [0, 0.05) is 12.0 Å². The van der Waals surface area contributed by atoms with Crippen LogP contribution in [0.25, 0.3) is 0 Å². The van der Waals surface area contributed by atoms with Crippen LogP contribution in [-0.2, 0) is 42.1 Å². The highest BCUT2D eigenvalue weighted by Crippen LogP contribution is 2.33. The summed E-state index contributed by atoms with van der Waals surface area (Å²) < 4.78 is 51.8. The van der Waals surface area contributed by atoms with Crippen LogP contribution in [0.3, 0.4) is 0 Å². The van der Waals surface area contributed by atoms with Crippen molar-refractivity contribution < 1.29 is 42.4 Å². The predicted molar refractivity (Wildman–Crippen MR) is 174 cm³/mol. The highest BCUT2D eigenvalue weighted by Gasteiger charge is 2.43. The zero-order chi connectivity index (χ0) is 33.2. The topological polar surface area (TPSA) is 136 Å². The molecule has 3 N–H and O–H groups in total. The Morgan fingerprint density at radius 3 is 2.23 bits per heavy atom. The molecule has 5 rings (SSSR count). The van der Waals surface area contributed by atoms with E-state index in [0.29, 0.717) is 31.8 Å². The Labute approximate surface area is 277 Å². The number of aliphatic hydroxyl groups excluding tert-OH is 2. The average Bonchev–Trinajstić information content (AvgIpc) is 3.71. The van der Waals surface area contributed by atoms with E-state index in [0.717, 1.165) is 22.0 Å². The third-order valence-corrected chi connectivity index (χ3v) is 10.2. The van der Waals surface area contributed by atoms with Gasteiger partial charge in [-0.15, -0.1) is 0 Å². The van der Waals surface area contributed by atoms with Crippen molar-refractivity contribution in [3.05, 3.63) is 96.1 Å². The van der Waals surface area contributed by atoms with Crippen molar-refractivity contribution in [1.29, 1.82) is 0 Å². The maximum atomic E-state index is 14.0. The summed E-state index contributed by atoms with van der Waals surface area (Å²) in [6.45, 7) is 4.62. The lowest BCUT2D eigenvalue weighted by molar-refractivity contribution is -0.177. The van der Waals surface area contributed by atoms with E-state index in [1.54, 1.807) is 12.1 Å². The first kappa shape index (κ1) is 35.4. The van der Waals surface area contributed by atoms with Crippen LogP contribution in [0.15, 0.2) is 89.8 Å². The quantitative estimate of drug-likeness (QED) is 0.135. The van der Waals surface area contributed by atoms with Crippen LogP contribution in [0, 0.1) is 5.92 Å². The number of nitrogens with zero attached hydrogens (tertiary/aromatic N) is 1. The molecule has 256 valence electrons. The van der Waals surface area contributed by atoms with Crippen molar-refractivity contribution in [3.63, 3.8) is 0 Å². The molecule has 12 heteroatoms. The highest BCUT2D eigenvalue weighted by molar-refractivity contribution is 7.89. The summed E-state index contributed by atoms with van der Waals surface area (Å²) >= 11 is 0. The first-order valence-corrected chi connectivity index (χ1v) is 17.7. The van der Waals surface area contributed by atoms with Gasteiger partial charge in [0.25, 0.3) is 10.0 Å². The monoisotopic (exact) mass is 670 g/mol. The molecule has 0 radical (unpaired) electrons. The zero-order valence-electron chi connectivity index (χ0n) is 26.9. The number of benzene rings is 3. The van der Waals surface area contributed by atoms with E-state index >= 15 is 0 Å². The number of fused-ring (bicyclic) bond motifs is 1. The molecule has 2 heterocycles. The summed E-state index contributed by atoms with van der Waals surface area (Å²) in [5, 5.41) is 25.5. The molecule has 0 spiro atoms. The Morgan fingerprint density at radius 2 is 1.57 bits per heavy atom. The van der Waals surface area contributed by atoms with Crippen molar-refractivity contribution in [2.75, 3.05) is 19.8 Å². The Hall–Kier alpha value is -2.91. The maximum absolute atomic E-state index is 14.0. The van der Waals surface area contributed by atoms with Gasteiger partial charge >= 0.3 is 0 Å². The molecule has 6 atom stereocenters. The summed E-state index contributed by atoms with van der Waals surface area (Å²) in [6.07, 6.45) is -1.69. The zero-order valence-corrected chi connectivity index (χ0v) is 27.7. The molecule has 0 aliphatic carbocycles. The predicted octanol–water partition coefficient (Wildman–Crippen LogP) is 3.99. The molecular formula is C35H46N2O9S. The average molecular weight is 671 g/mol. The van der Waals surface area contributed by atoms with E-state index in [2.05, 4.69) is 5.32 Å². The fourth-order valence-electron chi connectivity index (χ4n) is 5.78. The van der Waals surface area contributed by atoms with Gasteiger partial charge in [-0.05, 0) is 61.1 Å². The lowest BCUT2D eigenvalue weighted by atomic mass is 10.0. The van der Waals surface area contributed by atoms with Gasteiger partial charge in [0.05, 0.1) is 43.0 Å². The summed E-state index contributed by atoms with van der Waals surface area (Å²) in [7, 11) is -4.22. The molecule has 2 aliphatic heterocycles. The minimum atomic E-state index is -4.22. The normalized spacial score (nSPS) is 21.5. The van der Waals surface area contributed by atoms with Gasteiger partial charge in [-0.25, -0.2) is 8.42 Å². The molecule has 2 saturated heterocycles. The Bertz CT molecular complexity index is 1460. The van der Waals surface area contributed by atoms with Gasteiger partial charge in [0.15, 0.2) is 6.29 Å². The molecule has 0 amide bonds. The van der Waals surface area contributed by atoms with Gasteiger partial charge in [0.1, 0.15) is 12.4 Å². The molecule has 1 unspecified atom stereocenters. The van der Waals surface area contributed by atoms with Crippen molar-refractivity contribution in [2.45, 2.75) is 88.1 Å². The molecule has 2 fully saturated rings. The third-order valence-electron chi connectivity index (χ3n) is 8.56. The number of hydrogen-bond donors (Lipinski definition) is 3. The number of hydroxylamine groups is 1. The minimum absolute atomic E-state index is 0.00627. The smallest absolute Gasteiger partial charge is 0.265 e. The van der Waals surface area contributed by atoms with Crippen LogP contribution in [0.2, 0.25) is 0 Å². The lowest BCUT2D eigenvalue weighted by Gasteiger charge is -2.32. The van der Waals surface area contributed by atoms with E-state index in [4.69, 9.17) is 23.8 Å². The number of aliphatic hydroxyl groups is 2. The van der Waals surface area contributed by atoms with Crippen molar-refractivity contribution >= 4 is 10.0 Å². The Balaban J connectivity index is 1.31. The third kappa shape index (κ3) is 9.59. The van der Waals surface area contributed by atoms with Crippen molar-refractivity contribution in [1.82, 2.24) is 9.79 Å². The second-order valence-corrected chi connectivity index (χ2v) is 13.7. The van der Waals surface area contributed by atoms with E-state index in [-0.39, 0.29) is 36.2 Å². The van der Waals surface area contributed by atoms with Crippen molar-refractivity contribution in [3.8, 4) is 5.75 Å². The second-order valence-electron chi connectivity index (χ2n) is 11.9. The van der Waals surface area contributed by atoms with Crippen LogP contribution >= 0.6 is 0 Å². The fraction of sp³-hybridized carbons (Fsp3) is 0.486. The summed E-state index contributed by atoms with van der Waals surface area (Å²) in [5.74, 6) is 0.526. The minimum Gasteiger partial charge on any atom is -0.489 e. The molecule has 3 aromatic rings. The van der Waals surface area contributed by atoms with Gasteiger partial charge < -0.3 is 29.2 Å². The standard InChI is InChI=1S/C35H46N2O9S/c1-3-27(4-2)46-37(47(40,41)29-17-15-28(16-18-29)43-23-26-13-9-6-10-14-26)22-32(38)31(21-25-11-7-5-8-12-25)36-35(39)45-33-24-44-34-30(33)19-20-42-34/h5-18,27,30-36,38-39H,3-4,19-24H2,1-2H3/t30-,31-,32+,33-,34+,35?/m0/s1. The van der Waals surface area contributed by atoms with Crippen LogP contribution < -0.4 is 10.1 Å². The molecule has 0 bridgehead atoms. The van der Waals surface area contributed by atoms with Gasteiger partial charge in [-0.3, -0.25) is 10.2 Å². The summed E-state index contributed by atoms with van der Waals surface area (Å²) in [6, 6.07) is 24.4. The number of ether oxygens (including phenoxy) is 4. The lowest BCUT2D eigenvalue weighted by Crippen LogP contribution is -2.53. The molecule has 47 heavy (non-hydrogen) atoms. The molecule has 3 aromatic carbocycles. The first-order valence-electron chi connectivity index (χ1n) is 16.3. The summed E-state index contributed by atoms with van der Waals surface area (Å²) in [4.78, 5) is 6.03. The number of rotatable bonds is 18. The van der Waals surface area contributed by atoms with E-state index in [9.17, 15) is 18.6 Å². The van der Waals surface area contributed by atoms with E-state index in [1.165, 1.54) is 12.1 Å². The van der Waals surface area contributed by atoms with Crippen LogP contribution in [0.5, 0.6) is 5.75 Å². The van der Waals surface area contributed by atoms with Gasteiger partial charge in [-0.1, -0.05) is 79.0 Å². The largest absolute Gasteiger partial charge is 0.489 e. The molecular weight excluding hydrogens is 624 g/mol. The first-order chi connectivity index (χ1) is 22.8. The highest BCUT2D eigenvalue weighted by atomic mass is 32.2. The Morgan fingerprint density at radius 1 is 0.915 bits per heavy atom. The van der Waals surface area contributed by atoms with E-state index in [1.807, 2.05) is 74.5 Å². The molecule has 11 nitrogen and oxygen atoms in total. The SMILES string of the molecule is CCC(CC)ON(C[C@@H](O)[C@H](Cc1ccccc1)NC(O)O[C@H]1CO[C@H]2OCC[C@H]21)S(=O)(=O)c1ccc(OCc2ccccc2)cc1. The molecule has 0 aromatic heterocycles. The second kappa shape index (κ2) is 17.0. The maximum Gasteiger partial charge on any atom is 0.265 e. The summed E-state index contributed by atoms with van der Waals surface area (Å²) in [5.41, 5.74) is 1.87. The Kier molecular flexibility index (Phi) is 12.8. The van der Waals surface area contributed by atoms with Crippen LogP contribution in [0.1, 0.15) is 44.2 Å². The van der Waals surface area contributed by atoms with Crippen LogP contribution in [-0.4, -0.2) is 79.9 Å². The van der Waals surface area contributed by atoms with Crippen LogP contribution in [0.4, 0.5) is 0 Å². The van der Waals surface area contributed by atoms with E-state index < -0.39 is 41.2 Å². The molecule has 0 saturated carbocycles. The fourth-order valence-corrected chi connectivity index (χ4v) is 7.08. The van der Waals surface area contributed by atoms with Crippen molar-refractivity contribution in [2.24, 2.45) is 5.92 Å². The number of nitrogens with one attached hydrogen (secondary N) is 1.